The van der Waals surface area contributed by atoms with Crippen LogP contribution >= 0.6 is 0 Å². The number of carbonyl (C=O) groups is 1. The molecule has 1 N–H and O–H groups in total. The maximum atomic E-state index is 13.1. The van der Waals surface area contributed by atoms with Crippen LogP contribution in [0.1, 0.15) is 31.0 Å². The van der Waals surface area contributed by atoms with Crippen LogP contribution in [0, 0.1) is 5.82 Å². The minimum atomic E-state index is -0.349. The second-order valence-corrected chi connectivity index (χ2v) is 5.76. The number of carbonyl (C=O) groups excluding carboxylic acids is 1. The zero-order valence-corrected chi connectivity index (χ0v) is 12.9. The lowest BCUT2D eigenvalue weighted by Crippen LogP contribution is -2.28. The van der Waals surface area contributed by atoms with E-state index in [4.69, 9.17) is 0 Å². The van der Waals surface area contributed by atoms with E-state index in [0.717, 1.165) is 25.1 Å². The molecule has 0 bridgehead atoms. The van der Waals surface area contributed by atoms with Gasteiger partial charge in [0.25, 0.3) is 0 Å². The quantitative estimate of drug-likeness (QED) is 0.920. The topological polar surface area (TPSA) is 45.2 Å². The number of hydrogen-bond donors (Lipinski definition) is 1. The number of nitrogens with one attached hydrogen (secondary N) is 1. The molecule has 5 heteroatoms. The smallest absolute Gasteiger partial charge is 0.225 e. The van der Waals surface area contributed by atoms with Crippen molar-refractivity contribution in [1.29, 1.82) is 0 Å². The molecule has 0 aliphatic carbocycles. The number of rotatable bonds is 5. The van der Waals surface area contributed by atoms with Gasteiger partial charge in [0.05, 0.1) is 11.7 Å². The molecule has 1 aliphatic rings. The van der Waals surface area contributed by atoms with Gasteiger partial charge in [0.1, 0.15) is 5.82 Å². The molecule has 2 aromatic rings. The Balaban J connectivity index is 1.54. The highest BCUT2D eigenvalue weighted by atomic mass is 19.1. The van der Waals surface area contributed by atoms with Gasteiger partial charge >= 0.3 is 0 Å². The van der Waals surface area contributed by atoms with E-state index in [1.807, 2.05) is 24.4 Å². The maximum Gasteiger partial charge on any atom is 0.225 e. The largest absolute Gasteiger partial charge is 0.326 e. The Morgan fingerprint density at radius 1 is 1.30 bits per heavy atom. The normalized spacial score (nSPS) is 18.0. The number of hydrogen-bond acceptors (Lipinski definition) is 3. The fourth-order valence-corrected chi connectivity index (χ4v) is 3.04. The first kappa shape index (κ1) is 15.6. The lowest BCUT2D eigenvalue weighted by atomic mass is 10.1. The van der Waals surface area contributed by atoms with Crippen LogP contribution in [0.2, 0.25) is 0 Å². The summed E-state index contributed by atoms with van der Waals surface area (Å²) in [5, 5.41) is 2.74. The molecule has 1 aliphatic heterocycles. The molecule has 0 radical (unpaired) electrons. The average molecular weight is 313 g/mol. The number of anilines is 1. The minimum absolute atomic E-state index is 0.0951. The van der Waals surface area contributed by atoms with E-state index in [9.17, 15) is 9.18 Å². The van der Waals surface area contributed by atoms with Crippen LogP contribution in [-0.4, -0.2) is 28.9 Å². The molecule has 1 unspecified atom stereocenters. The number of halogens is 1. The van der Waals surface area contributed by atoms with E-state index in [1.54, 1.807) is 12.1 Å². The molecular weight excluding hydrogens is 293 g/mol. The van der Waals surface area contributed by atoms with Gasteiger partial charge in [0, 0.05) is 24.8 Å². The van der Waals surface area contributed by atoms with Gasteiger partial charge in [0.2, 0.25) is 5.91 Å². The third-order valence-corrected chi connectivity index (χ3v) is 4.13. The van der Waals surface area contributed by atoms with Crippen LogP contribution in [0.5, 0.6) is 0 Å². The van der Waals surface area contributed by atoms with Gasteiger partial charge in [0.15, 0.2) is 0 Å². The van der Waals surface area contributed by atoms with Gasteiger partial charge in [-0.05, 0) is 49.7 Å². The van der Waals surface area contributed by atoms with E-state index in [0.29, 0.717) is 18.7 Å². The molecule has 1 saturated heterocycles. The summed E-state index contributed by atoms with van der Waals surface area (Å²) >= 11 is 0. The SMILES string of the molecule is O=C(CCN1CCCC1c1ccccn1)Nc1cccc(F)c1. The maximum absolute atomic E-state index is 13.1. The highest BCUT2D eigenvalue weighted by Crippen LogP contribution is 2.30. The summed E-state index contributed by atoms with van der Waals surface area (Å²) in [4.78, 5) is 18.8. The number of pyridine rings is 1. The Morgan fingerprint density at radius 2 is 2.22 bits per heavy atom. The second kappa shape index (κ2) is 7.33. The van der Waals surface area contributed by atoms with Crippen LogP contribution in [0.4, 0.5) is 10.1 Å². The van der Waals surface area contributed by atoms with Crippen molar-refractivity contribution in [2.75, 3.05) is 18.4 Å². The second-order valence-electron chi connectivity index (χ2n) is 5.76. The number of aromatic nitrogens is 1. The third-order valence-electron chi connectivity index (χ3n) is 4.13. The van der Waals surface area contributed by atoms with Gasteiger partial charge in [-0.15, -0.1) is 0 Å². The van der Waals surface area contributed by atoms with Crippen LogP contribution < -0.4 is 5.32 Å². The standard InChI is InChI=1S/C18H20FN3O/c19-14-5-3-6-15(13-14)21-18(23)9-12-22-11-4-8-17(22)16-7-1-2-10-20-16/h1-3,5-7,10,13,17H,4,8-9,11-12H2,(H,21,23). The summed E-state index contributed by atoms with van der Waals surface area (Å²) in [5.74, 6) is -0.445. The van der Waals surface area contributed by atoms with Gasteiger partial charge < -0.3 is 5.32 Å². The summed E-state index contributed by atoms with van der Waals surface area (Å²) in [6.45, 7) is 1.66. The third kappa shape index (κ3) is 4.13. The van der Waals surface area contributed by atoms with Crippen molar-refractivity contribution in [2.24, 2.45) is 0 Å². The van der Waals surface area contributed by atoms with Crippen LogP contribution in [0.25, 0.3) is 0 Å². The lowest BCUT2D eigenvalue weighted by Gasteiger charge is -2.23. The summed E-state index contributed by atoms with van der Waals surface area (Å²) in [6, 6.07) is 12.2. The first-order valence-electron chi connectivity index (χ1n) is 7.93. The van der Waals surface area contributed by atoms with Crippen molar-refractivity contribution in [3.63, 3.8) is 0 Å². The summed E-state index contributed by atoms with van der Waals surface area (Å²) in [6.07, 6.45) is 4.39. The number of amides is 1. The van der Waals surface area contributed by atoms with Crippen LogP contribution in [0.3, 0.4) is 0 Å². The van der Waals surface area contributed by atoms with Crippen LogP contribution in [0.15, 0.2) is 48.7 Å². The van der Waals surface area contributed by atoms with Crippen molar-refractivity contribution in [1.82, 2.24) is 9.88 Å². The van der Waals surface area contributed by atoms with Crippen LogP contribution in [-0.2, 0) is 4.79 Å². The molecule has 4 nitrogen and oxygen atoms in total. The zero-order chi connectivity index (χ0) is 16.1. The highest BCUT2D eigenvalue weighted by molar-refractivity contribution is 5.90. The van der Waals surface area contributed by atoms with Crippen molar-refractivity contribution >= 4 is 11.6 Å². The Kier molecular flexibility index (Phi) is 4.98. The molecule has 1 amide bonds. The molecule has 0 saturated carbocycles. The van der Waals surface area contributed by atoms with Gasteiger partial charge in [-0.1, -0.05) is 12.1 Å². The zero-order valence-electron chi connectivity index (χ0n) is 12.9. The minimum Gasteiger partial charge on any atom is -0.326 e. The predicted molar refractivity (Wildman–Crippen MR) is 87.4 cm³/mol. The number of benzene rings is 1. The van der Waals surface area contributed by atoms with Gasteiger partial charge in [-0.25, -0.2) is 4.39 Å². The molecule has 2 heterocycles. The average Bonchev–Trinajstić information content (AvgIpc) is 3.02. The molecular formula is C18H20FN3O. The van der Waals surface area contributed by atoms with E-state index >= 15 is 0 Å². The molecule has 23 heavy (non-hydrogen) atoms. The monoisotopic (exact) mass is 313 g/mol. The van der Waals surface area contributed by atoms with Crippen molar-refractivity contribution < 1.29 is 9.18 Å². The highest BCUT2D eigenvalue weighted by Gasteiger charge is 2.26. The molecule has 1 aromatic heterocycles. The Morgan fingerprint density at radius 3 is 3.00 bits per heavy atom. The fraction of sp³-hybridized carbons (Fsp3) is 0.333. The number of likely N-dealkylation sites (tertiary alicyclic amines) is 1. The Bertz CT molecular complexity index is 662. The molecule has 120 valence electrons. The van der Waals surface area contributed by atoms with Crippen molar-refractivity contribution in [3.8, 4) is 0 Å². The first-order valence-corrected chi connectivity index (χ1v) is 7.93. The first-order chi connectivity index (χ1) is 11.2. The summed E-state index contributed by atoms with van der Waals surface area (Å²) in [7, 11) is 0. The molecule has 1 aromatic carbocycles. The summed E-state index contributed by atoms with van der Waals surface area (Å²) < 4.78 is 13.1. The molecule has 3 rings (SSSR count). The van der Waals surface area contributed by atoms with Crippen molar-refractivity contribution in [3.05, 3.63) is 60.2 Å². The lowest BCUT2D eigenvalue weighted by molar-refractivity contribution is -0.116. The number of nitrogens with zero attached hydrogens (tertiary/aromatic N) is 2. The van der Waals surface area contributed by atoms with E-state index < -0.39 is 0 Å². The fourth-order valence-electron chi connectivity index (χ4n) is 3.04. The van der Waals surface area contributed by atoms with E-state index in [2.05, 4.69) is 15.2 Å². The Labute approximate surface area is 135 Å². The summed E-state index contributed by atoms with van der Waals surface area (Å²) in [5.41, 5.74) is 1.56. The van der Waals surface area contributed by atoms with Gasteiger partial charge in [-0.3, -0.25) is 14.7 Å². The molecule has 1 atom stereocenters. The Hall–Kier alpha value is -2.27. The van der Waals surface area contributed by atoms with Gasteiger partial charge in [-0.2, -0.15) is 0 Å². The molecule has 1 fully saturated rings. The predicted octanol–water partition coefficient (Wildman–Crippen LogP) is 3.39. The van der Waals surface area contributed by atoms with Crippen molar-refractivity contribution in [2.45, 2.75) is 25.3 Å². The molecule has 0 spiro atoms. The van der Waals surface area contributed by atoms with E-state index in [-0.39, 0.29) is 17.8 Å². The van der Waals surface area contributed by atoms with E-state index in [1.165, 1.54) is 12.1 Å².